The van der Waals surface area contributed by atoms with Gasteiger partial charge in [-0.2, -0.15) is 0 Å². The number of phenolic OH excluding ortho intramolecular Hbond substituents is 1. The number of fused-ring (bicyclic) bond motifs is 1. The van der Waals surface area contributed by atoms with E-state index in [2.05, 4.69) is 27.7 Å². The first-order valence-corrected chi connectivity index (χ1v) is 8.19. The van der Waals surface area contributed by atoms with Gasteiger partial charge in [0, 0.05) is 12.0 Å². The Morgan fingerprint density at radius 3 is 2.36 bits per heavy atom. The monoisotopic (exact) mass is 306 g/mol. The first kappa shape index (κ1) is 17.1. The highest BCUT2D eigenvalue weighted by Gasteiger charge is 2.34. The Morgan fingerprint density at radius 2 is 1.77 bits per heavy atom. The summed E-state index contributed by atoms with van der Waals surface area (Å²) in [5.74, 6) is 1.39. The third-order valence-corrected chi connectivity index (χ3v) is 4.76. The minimum Gasteiger partial charge on any atom is -0.507 e. The van der Waals surface area contributed by atoms with Crippen molar-refractivity contribution in [1.82, 2.24) is 0 Å². The van der Waals surface area contributed by atoms with Crippen molar-refractivity contribution in [3.05, 3.63) is 22.3 Å². The van der Waals surface area contributed by atoms with Crippen LogP contribution in [-0.4, -0.2) is 22.9 Å². The molecule has 2 rings (SSSR count). The Labute approximate surface area is 134 Å². The fourth-order valence-electron chi connectivity index (χ4n) is 3.04. The molecule has 1 aliphatic heterocycles. The van der Waals surface area contributed by atoms with Gasteiger partial charge in [0.25, 0.3) is 0 Å². The largest absolute Gasteiger partial charge is 0.507 e. The van der Waals surface area contributed by atoms with E-state index in [9.17, 15) is 5.11 Å². The molecule has 0 radical (unpaired) electrons. The summed E-state index contributed by atoms with van der Waals surface area (Å²) in [5, 5.41) is 10.2. The number of aromatic hydroxyl groups is 1. The van der Waals surface area contributed by atoms with Crippen LogP contribution in [0.2, 0.25) is 0 Å². The van der Waals surface area contributed by atoms with Crippen LogP contribution in [0.4, 0.5) is 0 Å². The lowest BCUT2D eigenvalue weighted by molar-refractivity contribution is -0.0387. The van der Waals surface area contributed by atoms with Crippen LogP contribution >= 0.6 is 0 Å². The van der Waals surface area contributed by atoms with Crippen LogP contribution in [0.3, 0.4) is 0 Å². The summed E-state index contributed by atoms with van der Waals surface area (Å²) in [6.45, 7) is 15.1. The third kappa shape index (κ3) is 3.40. The van der Waals surface area contributed by atoms with Gasteiger partial charge in [0.05, 0.1) is 12.2 Å². The van der Waals surface area contributed by atoms with E-state index in [1.807, 2.05) is 20.8 Å². The first-order valence-electron chi connectivity index (χ1n) is 8.19. The molecule has 0 spiro atoms. The molecular formula is C19H30O3. The van der Waals surface area contributed by atoms with Gasteiger partial charge in [0.2, 0.25) is 0 Å². The second-order valence-corrected chi connectivity index (χ2v) is 7.79. The summed E-state index contributed by atoms with van der Waals surface area (Å²) in [5.41, 5.74) is 3.80. The molecule has 1 atom stereocenters. The molecule has 3 nitrogen and oxygen atoms in total. The lowest BCUT2D eigenvalue weighted by Gasteiger charge is -2.38. The van der Waals surface area contributed by atoms with E-state index >= 15 is 0 Å². The summed E-state index contributed by atoms with van der Waals surface area (Å²) in [6, 6.07) is 0. The zero-order valence-electron chi connectivity index (χ0n) is 15.1. The van der Waals surface area contributed by atoms with Gasteiger partial charge in [0.1, 0.15) is 17.1 Å². The highest BCUT2D eigenvalue weighted by Crippen LogP contribution is 2.44. The van der Waals surface area contributed by atoms with Gasteiger partial charge in [-0.1, -0.05) is 0 Å². The summed E-state index contributed by atoms with van der Waals surface area (Å²) < 4.78 is 12.3. The summed E-state index contributed by atoms with van der Waals surface area (Å²) in [7, 11) is 0. The molecule has 1 aromatic rings. The summed E-state index contributed by atoms with van der Waals surface area (Å²) >= 11 is 0. The van der Waals surface area contributed by atoms with Crippen LogP contribution in [-0.2, 0) is 11.2 Å². The predicted octanol–water partition coefficient (Wildman–Crippen LogP) is 4.61. The van der Waals surface area contributed by atoms with E-state index in [0.29, 0.717) is 12.4 Å². The molecule has 0 unspecified atom stereocenters. The number of phenols is 1. The van der Waals surface area contributed by atoms with Crippen molar-refractivity contribution in [2.75, 3.05) is 6.61 Å². The van der Waals surface area contributed by atoms with E-state index in [1.54, 1.807) is 0 Å². The number of hydrogen-bond donors (Lipinski definition) is 1. The lowest BCUT2D eigenvalue weighted by Crippen LogP contribution is -2.39. The average molecular weight is 306 g/mol. The highest BCUT2D eigenvalue weighted by molar-refractivity contribution is 5.58. The topological polar surface area (TPSA) is 38.7 Å². The van der Waals surface area contributed by atoms with Crippen molar-refractivity contribution in [3.63, 3.8) is 0 Å². The minimum atomic E-state index is -0.196. The maximum absolute atomic E-state index is 10.2. The molecule has 1 aliphatic rings. The fraction of sp³-hybridized carbons (Fsp3) is 0.684. The standard InChI is InChI=1S/C19H30O3/c1-12-13(2)17-15(14(3)16(12)20)8-9-19(7,22-17)10-11-21-18(4,5)6/h20H,8-11H2,1-7H3/t19-/m0/s1. The molecule has 0 fully saturated rings. The van der Waals surface area contributed by atoms with Crippen LogP contribution in [0, 0.1) is 20.8 Å². The maximum Gasteiger partial charge on any atom is 0.127 e. The Bertz CT molecular complexity index is 569. The lowest BCUT2D eigenvalue weighted by atomic mass is 9.86. The van der Waals surface area contributed by atoms with Crippen LogP contribution in [0.15, 0.2) is 0 Å². The first-order chi connectivity index (χ1) is 10.0. The van der Waals surface area contributed by atoms with E-state index in [1.165, 1.54) is 0 Å². The van der Waals surface area contributed by atoms with Crippen molar-refractivity contribution in [2.45, 2.75) is 78.9 Å². The quantitative estimate of drug-likeness (QED) is 0.886. The SMILES string of the molecule is Cc1c(C)c2c(c(C)c1O)CC[C@@](C)(CCOC(C)(C)C)O2. The average Bonchev–Trinajstić information content (AvgIpc) is 2.41. The summed E-state index contributed by atoms with van der Waals surface area (Å²) in [4.78, 5) is 0. The molecular weight excluding hydrogens is 276 g/mol. The van der Waals surface area contributed by atoms with Crippen LogP contribution in [0.25, 0.3) is 0 Å². The van der Waals surface area contributed by atoms with Crippen molar-refractivity contribution < 1.29 is 14.6 Å². The zero-order valence-corrected chi connectivity index (χ0v) is 15.1. The van der Waals surface area contributed by atoms with E-state index in [-0.39, 0.29) is 11.2 Å². The van der Waals surface area contributed by atoms with E-state index in [4.69, 9.17) is 9.47 Å². The van der Waals surface area contributed by atoms with Gasteiger partial charge in [-0.25, -0.2) is 0 Å². The van der Waals surface area contributed by atoms with Gasteiger partial charge < -0.3 is 14.6 Å². The summed E-state index contributed by atoms with van der Waals surface area (Å²) in [6.07, 6.45) is 2.78. The molecule has 0 saturated carbocycles. The van der Waals surface area contributed by atoms with Crippen molar-refractivity contribution >= 4 is 0 Å². The van der Waals surface area contributed by atoms with Crippen molar-refractivity contribution in [1.29, 1.82) is 0 Å². The van der Waals surface area contributed by atoms with E-state index in [0.717, 1.165) is 47.3 Å². The highest BCUT2D eigenvalue weighted by atomic mass is 16.5. The normalized spacial score (nSPS) is 21.4. The van der Waals surface area contributed by atoms with Crippen LogP contribution in [0.5, 0.6) is 11.5 Å². The smallest absolute Gasteiger partial charge is 0.127 e. The maximum atomic E-state index is 10.2. The van der Waals surface area contributed by atoms with Crippen LogP contribution < -0.4 is 4.74 Å². The molecule has 0 saturated heterocycles. The molecule has 124 valence electrons. The van der Waals surface area contributed by atoms with Gasteiger partial charge in [-0.3, -0.25) is 0 Å². The number of benzene rings is 1. The Hall–Kier alpha value is -1.22. The van der Waals surface area contributed by atoms with Gasteiger partial charge in [-0.05, 0) is 78.0 Å². The molecule has 1 N–H and O–H groups in total. The van der Waals surface area contributed by atoms with Gasteiger partial charge >= 0.3 is 0 Å². The number of hydrogen-bond acceptors (Lipinski definition) is 3. The van der Waals surface area contributed by atoms with Gasteiger partial charge in [-0.15, -0.1) is 0 Å². The van der Waals surface area contributed by atoms with Crippen molar-refractivity contribution in [3.8, 4) is 11.5 Å². The second kappa shape index (κ2) is 5.77. The Kier molecular flexibility index (Phi) is 4.49. The molecule has 0 bridgehead atoms. The second-order valence-electron chi connectivity index (χ2n) is 7.79. The minimum absolute atomic E-state index is 0.113. The molecule has 3 heteroatoms. The molecule has 0 aliphatic carbocycles. The third-order valence-electron chi connectivity index (χ3n) is 4.76. The number of rotatable bonds is 3. The Morgan fingerprint density at radius 1 is 1.14 bits per heavy atom. The predicted molar refractivity (Wildman–Crippen MR) is 90.0 cm³/mol. The molecule has 1 aromatic carbocycles. The Balaban J connectivity index is 2.20. The zero-order chi connectivity index (χ0) is 16.7. The van der Waals surface area contributed by atoms with Gasteiger partial charge in [0.15, 0.2) is 0 Å². The van der Waals surface area contributed by atoms with Crippen LogP contribution in [0.1, 0.15) is 62.8 Å². The molecule has 0 amide bonds. The molecule has 1 heterocycles. The van der Waals surface area contributed by atoms with E-state index < -0.39 is 0 Å². The fourth-order valence-corrected chi connectivity index (χ4v) is 3.04. The van der Waals surface area contributed by atoms with Crippen molar-refractivity contribution in [2.24, 2.45) is 0 Å². The molecule has 22 heavy (non-hydrogen) atoms. The number of ether oxygens (including phenoxy) is 2. The molecule has 0 aromatic heterocycles.